The minimum Gasteiger partial charge on any atom is -0.496 e. The molecule has 0 aliphatic carbocycles. The molecule has 0 saturated carbocycles. The number of esters is 1. The quantitative estimate of drug-likeness (QED) is 0.277. The Morgan fingerprint density at radius 2 is 1.88 bits per heavy atom. The molecule has 0 spiro atoms. The van der Waals surface area contributed by atoms with E-state index in [-0.39, 0.29) is 23.4 Å². The highest BCUT2D eigenvalue weighted by Crippen LogP contribution is 2.35. The van der Waals surface area contributed by atoms with Gasteiger partial charge in [-0.1, -0.05) is 25.7 Å². The molecule has 0 aliphatic heterocycles. The van der Waals surface area contributed by atoms with Crippen LogP contribution in [0.4, 0.5) is 0 Å². The molecule has 3 aromatic rings. The summed E-state index contributed by atoms with van der Waals surface area (Å²) in [7, 11) is 1.64. The number of fused-ring (bicyclic) bond motifs is 1. The molecule has 0 aliphatic rings. The number of aryl methyl sites for hydroxylation is 1. The molecule has 0 fully saturated rings. The van der Waals surface area contributed by atoms with Gasteiger partial charge in [0.25, 0.3) is 5.56 Å². The van der Waals surface area contributed by atoms with Crippen molar-refractivity contribution in [3.05, 3.63) is 51.7 Å². The summed E-state index contributed by atoms with van der Waals surface area (Å²) >= 11 is 0. The summed E-state index contributed by atoms with van der Waals surface area (Å²) in [5, 5.41) is 0.276. The van der Waals surface area contributed by atoms with Crippen LogP contribution >= 0.6 is 0 Å². The molecule has 3 rings (SSSR count). The van der Waals surface area contributed by atoms with E-state index >= 15 is 0 Å². The van der Waals surface area contributed by atoms with E-state index < -0.39 is 14.0 Å². The molecule has 2 aromatic heterocycles. The zero-order chi connectivity index (χ0) is 24.3. The molecule has 33 heavy (non-hydrogen) atoms. The first-order valence-electron chi connectivity index (χ1n) is 10.8. The molecule has 0 unspecified atom stereocenters. The van der Waals surface area contributed by atoms with E-state index in [0.29, 0.717) is 23.6 Å². The van der Waals surface area contributed by atoms with Crippen LogP contribution in [0, 0.1) is 13.8 Å². The van der Waals surface area contributed by atoms with Gasteiger partial charge in [-0.25, -0.2) is 14.8 Å². The van der Waals surface area contributed by atoms with Crippen LogP contribution in [0.3, 0.4) is 0 Å². The van der Waals surface area contributed by atoms with E-state index in [1.54, 1.807) is 7.11 Å². The Morgan fingerprint density at radius 1 is 1.15 bits per heavy atom. The van der Waals surface area contributed by atoms with Gasteiger partial charge in [-0.3, -0.25) is 9.36 Å². The molecular formula is C24H31N3O5Si. The van der Waals surface area contributed by atoms with Gasteiger partial charge in [0.1, 0.15) is 30.0 Å². The third-order valence-electron chi connectivity index (χ3n) is 5.51. The highest BCUT2D eigenvalue weighted by molar-refractivity contribution is 6.76. The highest BCUT2D eigenvalue weighted by atomic mass is 28.3. The number of rotatable bonds is 8. The predicted molar refractivity (Wildman–Crippen MR) is 131 cm³/mol. The molecule has 8 nitrogen and oxygen atoms in total. The topological polar surface area (TPSA) is 92.5 Å². The van der Waals surface area contributed by atoms with Gasteiger partial charge in [0.15, 0.2) is 0 Å². The molecule has 0 saturated heterocycles. The monoisotopic (exact) mass is 469 g/mol. The number of hydrogen-bond acceptors (Lipinski definition) is 7. The van der Waals surface area contributed by atoms with Crippen molar-refractivity contribution in [3.63, 3.8) is 0 Å². The summed E-state index contributed by atoms with van der Waals surface area (Å²) in [5.74, 6) is 0.0516. The lowest BCUT2D eigenvalue weighted by Crippen LogP contribution is -2.25. The Labute approximate surface area is 194 Å². The molecular weight excluding hydrogens is 438 g/mol. The normalized spacial score (nSPS) is 11.6. The fraction of sp³-hybridized carbons (Fsp3) is 0.417. The van der Waals surface area contributed by atoms with Crippen molar-refractivity contribution in [1.82, 2.24) is 14.5 Å². The van der Waals surface area contributed by atoms with Crippen LogP contribution in [-0.2, 0) is 16.2 Å². The highest BCUT2D eigenvalue weighted by Gasteiger charge is 2.21. The number of nitrogens with zero attached hydrogens (tertiary/aromatic N) is 3. The summed E-state index contributed by atoms with van der Waals surface area (Å²) < 4.78 is 17.5. The van der Waals surface area contributed by atoms with Gasteiger partial charge in [-0.2, -0.15) is 0 Å². The maximum atomic E-state index is 13.3. The number of carbonyl (C=O) groups excluding carboxylic acids is 1. The molecule has 176 valence electrons. The Balaban J connectivity index is 2.17. The van der Waals surface area contributed by atoms with Crippen molar-refractivity contribution in [2.75, 3.05) is 20.8 Å². The van der Waals surface area contributed by atoms with Crippen molar-refractivity contribution < 1.29 is 19.0 Å². The molecule has 0 N–H and O–H groups in total. The number of aromatic nitrogens is 3. The molecule has 9 heteroatoms. The van der Waals surface area contributed by atoms with Crippen LogP contribution in [0.25, 0.3) is 22.2 Å². The van der Waals surface area contributed by atoms with Crippen LogP contribution in [0.15, 0.2) is 29.3 Å². The zero-order valence-corrected chi connectivity index (χ0v) is 21.3. The summed E-state index contributed by atoms with van der Waals surface area (Å²) in [4.78, 5) is 34.8. The van der Waals surface area contributed by atoms with Gasteiger partial charge in [-0.05, 0) is 37.6 Å². The second-order valence-electron chi connectivity index (χ2n) is 9.20. The lowest BCUT2D eigenvalue weighted by Gasteiger charge is -2.17. The Kier molecular flexibility index (Phi) is 7.33. The SMILES string of the molecule is COC(=O)c1cc2c(=O)n(COCC[Si](C)(C)C)cnc2c(-c2c(C)ccc(OC)c2C)n1. The number of methoxy groups -OCH3 is 2. The Hall–Kier alpha value is -3.04. The molecule has 0 bridgehead atoms. The fourth-order valence-corrected chi connectivity index (χ4v) is 4.35. The van der Waals surface area contributed by atoms with Crippen LogP contribution < -0.4 is 10.3 Å². The summed E-state index contributed by atoms with van der Waals surface area (Å²) in [6, 6.07) is 6.22. The first kappa shape index (κ1) is 24.6. The minimum absolute atomic E-state index is 0.0397. The Morgan fingerprint density at radius 3 is 2.52 bits per heavy atom. The second-order valence-corrected chi connectivity index (χ2v) is 14.8. The Bertz CT molecular complexity index is 1250. The number of ether oxygens (including phenoxy) is 3. The minimum atomic E-state index is -1.24. The lowest BCUT2D eigenvalue weighted by molar-refractivity contribution is 0.0594. The predicted octanol–water partition coefficient (Wildman–Crippen LogP) is 4.18. The smallest absolute Gasteiger partial charge is 0.356 e. The van der Waals surface area contributed by atoms with Gasteiger partial charge >= 0.3 is 5.97 Å². The third-order valence-corrected chi connectivity index (χ3v) is 7.22. The number of benzene rings is 1. The summed E-state index contributed by atoms with van der Waals surface area (Å²) in [6.07, 6.45) is 1.47. The first-order valence-corrected chi connectivity index (χ1v) is 14.5. The molecule has 2 heterocycles. The van der Waals surface area contributed by atoms with Gasteiger partial charge < -0.3 is 14.2 Å². The third kappa shape index (κ3) is 5.31. The van der Waals surface area contributed by atoms with Crippen molar-refractivity contribution in [2.45, 2.75) is 46.3 Å². The largest absolute Gasteiger partial charge is 0.496 e. The van der Waals surface area contributed by atoms with Crippen LogP contribution in [0.1, 0.15) is 21.6 Å². The summed E-state index contributed by atoms with van der Waals surface area (Å²) in [5.41, 5.74) is 3.11. The zero-order valence-electron chi connectivity index (χ0n) is 20.3. The van der Waals surface area contributed by atoms with E-state index in [4.69, 9.17) is 14.2 Å². The molecule has 0 radical (unpaired) electrons. The van der Waals surface area contributed by atoms with Gasteiger partial charge in [0.2, 0.25) is 0 Å². The van der Waals surface area contributed by atoms with Gasteiger partial charge in [0.05, 0.1) is 25.3 Å². The van der Waals surface area contributed by atoms with E-state index in [9.17, 15) is 9.59 Å². The second kappa shape index (κ2) is 9.84. The fourth-order valence-electron chi connectivity index (χ4n) is 3.60. The van der Waals surface area contributed by atoms with E-state index in [1.165, 1.54) is 24.1 Å². The average molecular weight is 470 g/mol. The molecule has 1 aromatic carbocycles. The van der Waals surface area contributed by atoms with Crippen molar-refractivity contribution in [3.8, 4) is 17.0 Å². The van der Waals surface area contributed by atoms with Crippen LogP contribution in [-0.4, -0.2) is 49.4 Å². The number of pyridine rings is 1. The van der Waals surface area contributed by atoms with E-state index in [2.05, 4.69) is 29.6 Å². The van der Waals surface area contributed by atoms with Crippen LogP contribution in [0.5, 0.6) is 5.75 Å². The lowest BCUT2D eigenvalue weighted by atomic mass is 9.97. The van der Waals surface area contributed by atoms with Crippen molar-refractivity contribution >= 4 is 24.9 Å². The maximum Gasteiger partial charge on any atom is 0.356 e. The van der Waals surface area contributed by atoms with Gasteiger partial charge in [0, 0.05) is 25.8 Å². The van der Waals surface area contributed by atoms with Crippen molar-refractivity contribution in [1.29, 1.82) is 0 Å². The maximum absolute atomic E-state index is 13.3. The number of carbonyl (C=O) groups is 1. The summed E-state index contributed by atoms with van der Waals surface area (Å²) in [6.45, 7) is 11.3. The van der Waals surface area contributed by atoms with Crippen molar-refractivity contribution in [2.24, 2.45) is 0 Å². The molecule has 0 amide bonds. The van der Waals surface area contributed by atoms with E-state index in [1.807, 2.05) is 26.0 Å². The van der Waals surface area contributed by atoms with E-state index in [0.717, 1.165) is 22.7 Å². The number of hydrogen-bond donors (Lipinski definition) is 0. The standard InChI is InChI=1S/C24H31N3O5Si/c1-15-8-9-19(30-3)16(2)20(15)22-21-17(12-18(26-22)24(29)31-4)23(28)27(13-25-21)14-32-10-11-33(5,6)7/h8-9,12-13H,10-11,14H2,1-7H3. The van der Waals surface area contributed by atoms with Gasteiger partial charge in [-0.15, -0.1) is 0 Å². The van der Waals surface area contributed by atoms with Crippen LogP contribution in [0.2, 0.25) is 25.7 Å². The average Bonchev–Trinajstić information content (AvgIpc) is 2.77. The first-order chi connectivity index (χ1) is 15.6. The molecule has 0 atom stereocenters.